The van der Waals surface area contributed by atoms with Gasteiger partial charge in [-0.2, -0.15) is 0 Å². The van der Waals surface area contributed by atoms with Crippen LogP contribution < -0.4 is 0 Å². The monoisotopic (exact) mass is 398 g/mol. The second-order valence-corrected chi connectivity index (χ2v) is 12.3. The van der Waals surface area contributed by atoms with Gasteiger partial charge >= 0.3 is 0 Å². The first kappa shape index (κ1) is 21.7. The third kappa shape index (κ3) is 3.58. The van der Waals surface area contributed by atoms with E-state index in [-0.39, 0.29) is 6.10 Å². The zero-order valence-corrected chi connectivity index (χ0v) is 20.0. The minimum atomic E-state index is -0.0476. The SMILES string of the molecule is CC(C)C(C)C=C[C@@H](C)[C@H]1CC[C@H]2C3=CC[C@H]4C[C@@H](O)CC[C@]4(C)[C@H]3CC[C@]12C. The molecule has 3 fully saturated rings. The molecule has 4 aliphatic rings. The van der Waals surface area contributed by atoms with Gasteiger partial charge in [-0.25, -0.2) is 0 Å². The van der Waals surface area contributed by atoms with Crippen molar-refractivity contribution in [2.45, 2.75) is 99.0 Å². The standard InChI is InChI=1S/C28H46O/c1-18(2)19(3)7-8-20(4)24-11-12-25-23-10-9-21-17-22(29)13-15-27(21,5)26(23)14-16-28(24,25)6/h7-8,10,18-22,24-26,29H,9,11-17H2,1-6H3/t19?,20-,21+,22+,24-,25+,26+,27+,28-/m1/s1. The number of rotatable bonds is 4. The number of hydrogen-bond acceptors (Lipinski definition) is 1. The predicted octanol–water partition coefficient (Wildman–Crippen LogP) is 7.41. The molecule has 4 rings (SSSR count). The van der Waals surface area contributed by atoms with E-state index in [2.05, 4.69) is 59.8 Å². The molecule has 0 radical (unpaired) electrons. The molecule has 1 N–H and O–H groups in total. The third-order valence-corrected chi connectivity index (χ3v) is 10.5. The summed E-state index contributed by atoms with van der Waals surface area (Å²) < 4.78 is 0. The average molecular weight is 399 g/mol. The summed E-state index contributed by atoms with van der Waals surface area (Å²) in [7, 11) is 0. The van der Waals surface area contributed by atoms with E-state index in [4.69, 9.17) is 0 Å². The normalized spacial score (nSPS) is 46.8. The maximum Gasteiger partial charge on any atom is 0.0543 e. The quantitative estimate of drug-likeness (QED) is 0.489. The molecular formula is C28H46O. The summed E-state index contributed by atoms with van der Waals surface area (Å²) >= 11 is 0. The lowest BCUT2D eigenvalue weighted by atomic mass is 9.47. The minimum Gasteiger partial charge on any atom is -0.393 e. The van der Waals surface area contributed by atoms with Crippen molar-refractivity contribution in [1.82, 2.24) is 0 Å². The molecule has 29 heavy (non-hydrogen) atoms. The van der Waals surface area contributed by atoms with E-state index in [9.17, 15) is 5.11 Å². The van der Waals surface area contributed by atoms with Gasteiger partial charge in [-0.05, 0) is 104 Å². The second kappa shape index (κ2) is 7.85. The van der Waals surface area contributed by atoms with Crippen LogP contribution in [-0.4, -0.2) is 11.2 Å². The lowest BCUT2D eigenvalue weighted by molar-refractivity contribution is -0.0414. The Bertz CT molecular complexity index is 659. The molecule has 0 aromatic rings. The third-order valence-electron chi connectivity index (χ3n) is 10.5. The van der Waals surface area contributed by atoms with Crippen LogP contribution in [0.4, 0.5) is 0 Å². The Morgan fingerprint density at radius 2 is 1.62 bits per heavy atom. The van der Waals surface area contributed by atoms with Gasteiger partial charge in [0.15, 0.2) is 0 Å². The Balaban J connectivity index is 1.54. The van der Waals surface area contributed by atoms with Crippen molar-refractivity contribution in [2.24, 2.45) is 52.3 Å². The largest absolute Gasteiger partial charge is 0.393 e. The molecule has 0 aromatic heterocycles. The molecule has 0 bridgehead atoms. The van der Waals surface area contributed by atoms with Crippen LogP contribution in [0.1, 0.15) is 92.9 Å². The topological polar surface area (TPSA) is 20.2 Å². The maximum atomic E-state index is 10.2. The second-order valence-electron chi connectivity index (χ2n) is 12.3. The minimum absolute atomic E-state index is 0.0476. The van der Waals surface area contributed by atoms with Crippen LogP contribution in [0.5, 0.6) is 0 Å². The van der Waals surface area contributed by atoms with Gasteiger partial charge < -0.3 is 5.11 Å². The fraction of sp³-hybridized carbons (Fsp3) is 0.857. The van der Waals surface area contributed by atoms with E-state index in [1.165, 1.54) is 38.5 Å². The molecule has 0 heterocycles. The van der Waals surface area contributed by atoms with Gasteiger partial charge in [-0.3, -0.25) is 0 Å². The molecular weight excluding hydrogens is 352 g/mol. The van der Waals surface area contributed by atoms with E-state index in [1.807, 2.05) is 5.57 Å². The van der Waals surface area contributed by atoms with Crippen molar-refractivity contribution in [2.75, 3.05) is 0 Å². The van der Waals surface area contributed by atoms with Gasteiger partial charge in [0.05, 0.1) is 6.10 Å². The summed E-state index contributed by atoms with van der Waals surface area (Å²) in [4.78, 5) is 0. The van der Waals surface area contributed by atoms with Crippen LogP contribution >= 0.6 is 0 Å². The highest BCUT2D eigenvalue weighted by Gasteiger charge is 2.57. The molecule has 0 saturated heterocycles. The van der Waals surface area contributed by atoms with Crippen molar-refractivity contribution < 1.29 is 5.11 Å². The molecule has 0 amide bonds. The maximum absolute atomic E-state index is 10.2. The zero-order chi connectivity index (χ0) is 21.0. The molecule has 1 nitrogen and oxygen atoms in total. The highest BCUT2D eigenvalue weighted by atomic mass is 16.3. The van der Waals surface area contributed by atoms with Gasteiger partial charge in [-0.15, -0.1) is 0 Å². The molecule has 3 saturated carbocycles. The first-order chi connectivity index (χ1) is 13.7. The summed E-state index contributed by atoms with van der Waals surface area (Å²) in [6.45, 7) is 14.7. The smallest absolute Gasteiger partial charge is 0.0543 e. The Hall–Kier alpha value is -0.560. The molecule has 1 unspecified atom stereocenters. The summed E-state index contributed by atoms with van der Waals surface area (Å²) in [6, 6.07) is 0. The summed E-state index contributed by atoms with van der Waals surface area (Å²) in [5, 5.41) is 10.2. The number of aliphatic hydroxyl groups is 1. The van der Waals surface area contributed by atoms with Crippen LogP contribution in [0.15, 0.2) is 23.8 Å². The summed E-state index contributed by atoms with van der Waals surface area (Å²) in [5.41, 5.74) is 2.79. The number of fused-ring (bicyclic) bond motifs is 5. The van der Waals surface area contributed by atoms with Gasteiger partial charge in [0.2, 0.25) is 0 Å². The van der Waals surface area contributed by atoms with E-state index < -0.39 is 0 Å². The predicted molar refractivity (Wildman–Crippen MR) is 124 cm³/mol. The Kier molecular flexibility index (Phi) is 5.86. The van der Waals surface area contributed by atoms with E-state index in [0.717, 1.165) is 36.5 Å². The van der Waals surface area contributed by atoms with E-state index in [1.54, 1.807) is 0 Å². The van der Waals surface area contributed by atoms with E-state index in [0.29, 0.717) is 28.6 Å². The van der Waals surface area contributed by atoms with Gasteiger partial charge in [-0.1, -0.05) is 65.3 Å². The highest BCUT2D eigenvalue weighted by Crippen LogP contribution is 2.66. The van der Waals surface area contributed by atoms with Crippen LogP contribution in [0, 0.1) is 52.3 Å². The lowest BCUT2D eigenvalue weighted by Crippen LogP contribution is -2.49. The van der Waals surface area contributed by atoms with Gasteiger partial charge in [0.1, 0.15) is 0 Å². The first-order valence-corrected chi connectivity index (χ1v) is 12.7. The summed E-state index contributed by atoms with van der Waals surface area (Å²) in [6.07, 6.45) is 17.8. The Morgan fingerprint density at radius 3 is 2.34 bits per heavy atom. The fourth-order valence-electron chi connectivity index (χ4n) is 8.10. The van der Waals surface area contributed by atoms with Crippen LogP contribution in [0.2, 0.25) is 0 Å². The molecule has 0 spiro atoms. The Labute approximate surface area is 180 Å². The van der Waals surface area contributed by atoms with Gasteiger partial charge in [0, 0.05) is 0 Å². The zero-order valence-electron chi connectivity index (χ0n) is 20.0. The fourth-order valence-corrected chi connectivity index (χ4v) is 8.10. The molecule has 0 aromatic carbocycles. The first-order valence-electron chi connectivity index (χ1n) is 12.7. The highest BCUT2D eigenvalue weighted by molar-refractivity contribution is 5.28. The van der Waals surface area contributed by atoms with E-state index >= 15 is 0 Å². The molecule has 164 valence electrons. The van der Waals surface area contributed by atoms with Crippen molar-refractivity contribution in [3.8, 4) is 0 Å². The van der Waals surface area contributed by atoms with Crippen molar-refractivity contribution in [3.05, 3.63) is 23.8 Å². The molecule has 9 atom stereocenters. The lowest BCUT2D eigenvalue weighted by Gasteiger charge is -2.57. The number of hydrogen-bond donors (Lipinski definition) is 1. The summed E-state index contributed by atoms with van der Waals surface area (Å²) in [5.74, 6) is 5.25. The van der Waals surface area contributed by atoms with Crippen LogP contribution in [0.25, 0.3) is 0 Å². The number of allylic oxidation sites excluding steroid dienone is 4. The van der Waals surface area contributed by atoms with Gasteiger partial charge in [0.25, 0.3) is 0 Å². The van der Waals surface area contributed by atoms with Crippen LogP contribution in [-0.2, 0) is 0 Å². The van der Waals surface area contributed by atoms with Crippen molar-refractivity contribution in [1.29, 1.82) is 0 Å². The molecule has 4 aliphatic carbocycles. The molecule has 0 aliphatic heterocycles. The van der Waals surface area contributed by atoms with Crippen molar-refractivity contribution >= 4 is 0 Å². The molecule has 1 heteroatoms. The van der Waals surface area contributed by atoms with Crippen LogP contribution in [0.3, 0.4) is 0 Å². The van der Waals surface area contributed by atoms with Crippen molar-refractivity contribution in [3.63, 3.8) is 0 Å². The number of aliphatic hydroxyl groups excluding tert-OH is 1. The average Bonchev–Trinajstić information content (AvgIpc) is 3.03. The Morgan fingerprint density at radius 1 is 0.931 bits per heavy atom.